The molecular weight excluding hydrogens is 364 g/mol. The lowest BCUT2D eigenvalue weighted by Crippen LogP contribution is -1.81. The first-order valence-corrected chi connectivity index (χ1v) is 10.4. The predicted molar refractivity (Wildman–Crippen MR) is 122 cm³/mol. The molecule has 0 heterocycles. The molecule has 2 aromatic rings. The van der Waals surface area contributed by atoms with Gasteiger partial charge in [-0.25, -0.2) is 0 Å². The van der Waals surface area contributed by atoms with Gasteiger partial charge in [0.05, 0.1) is 9.81 Å². The van der Waals surface area contributed by atoms with Gasteiger partial charge in [0, 0.05) is 11.5 Å². The third-order valence-corrected chi connectivity index (χ3v) is 5.45. The molecule has 132 valence electrons. The van der Waals surface area contributed by atoms with E-state index in [1.165, 1.54) is 11.1 Å². The van der Waals surface area contributed by atoms with Crippen molar-refractivity contribution in [1.82, 2.24) is 0 Å². The number of rotatable bonds is 7. The standard InChI is InChI=1S/C25H20S2/c1-3-5-8-17-25(27-21-23-15-11-7-12-16-23)19-18-24(4-2)26-20-22-13-9-6-10-14-22/h2,6-7,9-16,18-19H,20-21H2,1H3/b24-18-,25-19-. The molecule has 0 bridgehead atoms. The third-order valence-electron chi connectivity index (χ3n) is 3.38. The molecule has 2 aromatic carbocycles. The Labute approximate surface area is 171 Å². The Kier molecular flexibility index (Phi) is 9.63. The highest BCUT2D eigenvalue weighted by atomic mass is 32.2. The van der Waals surface area contributed by atoms with Gasteiger partial charge in [0.1, 0.15) is 0 Å². The number of hydrogen-bond donors (Lipinski definition) is 0. The molecule has 0 amide bonds. The van der Waals surface area contributed by atoms with E-state index < -0.39 is 0 Å². The summed E-state index contributed by atoms with van der Waals surface area (Å²) in [6.45, 7) is 1.78. The highest BCUT2D eigenvalue weighted by Crippen LogP contribution is 2.24. The highest BCUT2D eigenvalue weighted by Gasteiger charge is 1.99. The number of hydrogen-bond acceptors (Lipinski definition) is 2. The van der Waals surface area contributed by atoms with Crippen molar-refractivity contribution in [3.63, 3.8) is 0 Å². The molecule has 0 unspecified atom stereocenters. The van der Waals surface area contributed by atoms with Crippen LogP contribution >= 0.6 is 23.5 Å². The van der Waals surface area contributed by atoms with Gasteiger partial charge in [0.2, 0.25) is 0 Å². The van der Waals surface area contributed by atoms with E-state index in [1.54, 1.807) is 30.4 Å². The molecule has 0 N–H and O–H groups in total. The van der Waals surface area contributed by atoms with Crippen LogP contribution in [0.3, 0.4) is 0 Å². The van der Waals surface area contributed by atoms with Crippen molar-refractivity contribution in [3.8, 4) is 36.0 Å². The molecule has 0 atom stereocenters. The topological polar surface area (TPSA) is 0 Å². The molecule has 2 rings (SSSR count). The van der Waals surface area contributed by atoms with Crippen LogP contribution in [-0.4, -0.2) is 0 Å². The van der Waals surface area contributed by atoms with Gasteiger partial charge in [-0.15, -0.1) is 29.9 Å². The van der Waals surface area contributed by atoms with E-state index in [1.807, 2.05) is 48.6 Å². The lowest BCUT2D eigenvalue weighted by molar-refractivity contribution is 1.42. The van der Waals surface area contributed by atoms with Crippen molar-refractivity contribution in [3.05, 3.63) is 93.8 Å². The zero-order valence-electron chi connectivity index (χ0n) is 15.2. The summed E-state index contributed by atoms with van der Waals surface area (Å²) < 4.78 is 0. The molecule has 0 saturated heterocycles. The van der Waals surface area contributed by atoms with Crippen LogP contribution < -0.4 is 0 Å². The summed E-state index contributed by atoms with van der Waals surface area (Å²) in [6, 6.07) is 20.6. The van der Waals surface area contributed by atoms with Gasteiger partial charge < -0.3 is 0 Å². The summed E-state index contributed by atoms with van der Waals surface area (Å²) in [5.41, 5.74) is 2.51. The first-order chi connectivity index (χ1) is 13.3. The molecule has 2 heteroatoms. The van der Waals surface area contributed by atoms with E-state index in [9.17, 15) is 0 Å². The number of benzene rings is 2. The highest BCUT2D eigenvalue weighted by molar-refractivity contribution is 8.03. The number of terminal acetylenes is 1. The smallest absolute Gasteiger partial charge is 0.0587 e. The van der Waals surface area contributed by atoms with E-state index >= 15 is 0 Å². The summed E-state index contributed by atoms with van der Waals surface area (Å²) in [6.07, 6.45) is 9.63. The summed E-state index contributed by atoms with van der Waals surface area (Å²) in [5, 5.41) is 0. The zero-order chi connectivity index (χ0) is 19.2. The van der Waals surface area contributed by atoms with Crippen molar-refractivity contribution >= 4 is 23.5 Å². The Balaban J connectivity index is 2.07. The van der Waals surface area contributed by atoms with Crippen LogP contribution in [0.25, 0.3) is 0 Å². The molecule has 27 heavy (non-hydrogen) atoms. The molecule has 0 aliphatic carbocycles. The monoisotopic (exact) mass is 384 g/mol. The van der Waals surface area contributed by atoms with Crippen LogP contribution in [0.1, 0.15) is 18.1 Å². The summed E-state index contributed by atoms with van der Waals surface area (Å²) in [5.74, 6) is 16.1. The van der Waals surface area contributed by atoms with Crippen LogP contribution in [0.2, 0.25) is 0 Å². The SMILES string of the molecule is C#C/C(=C/C=C(/C#CC#CC)SCc1ccccc1)SCc1ccccc1. The van der Waals surface area contributed by atoms with Crippen molar-refractivity contribution in [2.24, 2.45) is 0 Å². The van der Waals surface area contributed by atoms with Crippen LogP contribution in [0, 0.1) is 36.0 Å². The second-order valence-electron chi connectivity index (χ2n) is 5.38. The molecule has 0 aliphatic rings. The Hall–Kier alpha value is -2.70. The second kappa shape index (κ2) is 12.6. The summed E-state index contributed by atoms with van der Waals surface area (Å²) >= 11 is 3.34. The minimum absolute atomic E-state index is 0.851. The Morgan fingerprint density at radius 2 is 1.33 bits per heavy atom. The van der Waals surface area contributed by atoms with E-state index in [4.69, 9.17) is 6.42 Å². The number of allylic oxidation sites excluding steroid dienone is 4. The van der Waals surface area contributed by atoms with Crippen LogP contribution in [0.4, 0.5) is 0 Å². The average molecular weight is 385 g/mol. The largest absolute Gasteiger partial charge is 0.114 e. The third kappa shape index (κ3) is 8.48. The molecule has 0 spiro atoms. The molecule has 0 saturated carbocycles. The van der Waals surface area contributed by atoms with Gasteiger partial charge in [-0.2, -0.15) is 0 Å². The van der Waals surface area contributed by atoms with Gasteiger partial charge in [-0.05, 0) is 48.0 Å². The van der Waals surface area contributed by atoms with Gasteiger partial charge in [-0.3, -0.25) is 0 Å². The minimum atomic E-state index is 0.851. The lowest BCUT2D eigenvalue weighted by atomic mass is 10.2. The maximum Gasteiger partial charge on any atom is 0.0587 e. The van der Waals surface area contributed by atoms with Crippen LogP contribution in [0.15, 0.2) is 82.6 Å². The summed E-state index contributed by atoms with van der Waals surface area (Å²) in [4.78, 5) is 1.84. The van der Waals surface area contributed by atoms with Gasteiger partial charge >= 0.3 is 0 Å². The van der Waals surface area contributed by atoms with Crippen molar-refractivity contribution in [2.45, 2.75) is 18.4 Å². The lowest BCUT2D eigenvalue weighted by Gasteiger charge is -2.02. The first kappa shape index (κ1) is 20.6. The molecule has 0 aliphatic heterocycles. The fourth-order valence-corrected chi connectivity index (χ4v) is 3.61. The maximum atomic E-state index is 5.68. The molecule has 0 fully saturated rings. The van der Waals surface area contributed by atoms with Crippen LogP contribution in [-0.2, 0) is 11.5 Å². The maximum absolute atomic E-state index is 5.68. The predicted octanol–water partition coefficient (Wildman–Crippen LogP) is 6.28. The quantitative estimate of drug-likeness (QED) is 0.407. The second-order valence-corrected chi connectivity index (χ2v) is 7.41. The zero-order valence-corrected chi connectivity index (χ0v) is 16.9. The first-order valence-electron chi connectivity index (χ1n) is 8.46. The Bertz CT molecular complexity index is 938. The Morgan fingerprint density at radius 1 is 0.815 bits per heavy atom. The fourth-order valence-electron chi connectivity index (χ4n) is 2.04. The van der Waals surface area contributed by atoms with E-state index in [0.29, 0.717) is 0 Å². The molecular formula is C25H20S2. The van der Waals surface area contributed by atoms with Gasteiger partial charge in [-0.1, -0.05) is 72.5 Å². The van der Waals surface area contributed by atoms with Crippen molar-refractivity contribution in [2.75, 3.05) is 0 Å². The molecule has 0 aromatic heterocycles. The van der Waals surface area contributed by atoms with Crippen molar-refractivity contribution < 1.29 is 0 Å². The summed E-state index contributed by atoms with van der Waals surface area (Å²) in [7, 11) is 0. The fraction of sp³-hybridized carbons (Fsp3) is 0.120. The van der Waals surface area contributed by atoms with E-state index in [2.05, 4.69) is 53.9 Å². The number of thioether (sulfide) groups is 2. The molecule has 0 radical (unpaired) electrons. The Morgan fingerprint density at radius 3 is 1.85 bits per heavy atom. The van der Waals surface area contributed by atoms with Crippen molar-refractivity contribution in [1.29, 1.82) is 0 Å². The average Bonchev–Trinajstić information content (AvgIpc) is 2.73. The van der Waals surface area contributed by atoms with Gasteiger partial charge in [0.15, 0.2) is 0 Å². The van der Waals surface area contributed by atoms with Gasteiger partial charge in [0.25, 0.3) is 0 Å². The van der Waals surface area contributed by atoms with E-state index in [-0.39, 0.29) is 0 Å². The normalized spacial score (nSPS) is 10.8. The molecule has 0 nitrogen and oxygen atoms in total. The minimum Gasteiger partial charge on any atom is -0.114 e. The van der Waals surface area contributed by atoms with Crippen LogP contribution in [0.5, 0.6) is 0 Å². The van der Waals surface area contributed by atoms with E-state index in [0.717, 1.165) is 21.3 Å².